The third-order valence-corrected chi connectivity index (χ3v) is 3.90. The molecule has 1 amide bonds. The summed E-state index contributed by atoms with van der Waals surface area (Å²) in [5.74, 6) is 0.406. The monoisotopic (exact) mass is 352 g/mol. The molecule has 0 saturated heterocycles. The molecule has 0 unspecified atom stereocenters. The number of aryl methyl sites for hydroxylation is 1. The van der Waals surface area contributed by atoms with Gasteiger partial charge in [-0.2, -0.15) is 4.99 Å². The minimum Gasteiger partial charge on any atom is -0.496 e. The maximum atomic E-state index is 11.8. The zero-order chi connectivity index (χ0) is 14.5. The first-order chi connectivity index (χ1) is 9.60. The SMILES string of the molecule is COc1ccc(Br)cc1/C=C/C(=O)N=c1sccn1C. The molecule has 20 heavy (non-hydrogen) atoms. The summed E-state index contributed by atoms with van der Waals surface area (Å²) in [6, 6.07) is 5.60. The molecule has 0 saturated carbocycles. The zero-order valence-corrected chi connectivity index (χ0v) is 13.4. The van der Waals surface area contributed by atoms with E-state index in [0.29, 0.717) is 10.6 Å². The second-order valence-electron chi connectivity index (χ2n) is 3.97. The largest absolute Gasteiger partial charge is 0.496 e. The Morgan fingerprint density at radius 2 is 2.30 bits per heavy atom. The second kappa shape index (κ2) is 6.67. The molecule has 6 heteroatoms. The van der Waals surface area contributed by atoms with Gasteiger partial charge in [0.15, 0.2) is 4.80 Å². The van der Waals surface area contributed by atoms with Crippen LogP contribution >= 0.6 is 27.3 Å². The van der Waals surface area contributed by atoms with Gasteiger partial charge < -0.3 is 9.30 Å². The highest BCUT2D eigenvalue weighted by atomic mass is 79.9. The highest BCUT2D eigenvalue weighted by molar-refractivity contribution is 9.10. The lowest BCUT2D eigenvalue weighted by atomic mass is 10.2. The average molecular weight is 353 g/mol. The van der Waals surface area contributed by atoms with Gasteiger partial charge in [-0.15, -0.1) is 11.3 Å². The van der Waals surface area contributed by atoms with Crippen molar-refractivity contribution >= 4 is 39.2 Å². The van der Waals surface area contributed by atoms with Crippen molar-refractivity contribution in [2.24, 2.45) is 12.0 Å². The summed E-state index contributed by atoms with van der Waals surface area (Å²) in [6.07, 6.45) is 4.99. The van der Waals surface area contributed by atoms with Crippen LogP contribution in [0.2, 0.25) is 0 Å². The van der Waals surface area contributed by atoms with Crippen LogP contribution in [-0.2, 0) is 11.8 Å². The predicted molar refractivity (Wildman–Crippen MR) is 83.6 cm³/mol. The summed E-state index contributed by atoms with van der Waals surface area (Å²) in [7, 11) is 3.45. The van der Waals surface area contributed by atoms with Crippen molar-refractivity contribution in [3.63, 3.8) is 0 Å². The second-order valence-corrected chi connectivity index (χ2v) is 5.75. The summed E-state index contributed by atoms with van der Waals surface area (Å²) in [6.45, 7) is 0. The number of methoxy groups -OCH3 is 1. The highest BCUT2D eigenvalue weighted by Crippen LogP contribution is 2.24. The number of aromatic nitrogens is 1. The minimum absolute atomic E-state index is 0.301. The van der Waals surface area contributed by atoms with Crippen LogP contribution in [0.4, 0.5) is 0 Å². The maximum Gasteiger partial charge on any atom is 0.272 e. The number of carbonyl (C=O) groups is 1. The molecule has 0 N–H and O–H groups in total. The number of benzene rings is 1. The van der Waals surface area contributed by atoms with Crippen LogP contribution in [0.3, 0.4) is 0 Å². The lowest BCUT2D eigenvalue weighted by Crippen LogP contribution is -2.11. The van der Waals surface area contributed by atoms with Crippen molar-refractivity contribution in [2.75, 3.05) is 7.11 Å². The Labute approximate surface area is 129 Å². The lowest BCUT2D eigenvalue weighted by molar-refractivity contribution is -0.113. The Kier molecular flexibility index (Phi) is 4.92. The Hall–Kier alpha value is -1.66. The van der Waals surface area contributed by atoms with Gasteiger partial charge in [-0.25, -0.2) is 0 Å². The predicted octanol–water partition coefficient (Wildman–Crippen LogP) is 3.00. The molecule has 2 rings (SSSR count). The number of ether oxygens (including phenoxy) is 1. The third kappa shape index (κ3) is 3.68. The fourth-order valence-corrected chi connectivity index (χ4v) is 2.68. The zero-order valence-electron chi connectivity index (χ0n) is 11.0. The molecule has 0 fully saturated rings. The molecule has 0 aliphatic rings. The molecule has 0 aliphatic carbocycles. The number of nitrogens with zero attached hydrogens (tertiary/aromatic N) is 2. The normalized spacial score (nSPS) is 12.1. The van der Waals surface area contributed by atoms with Gasteiger partial charge in [0.1, 0.15) is 5.75 Å². The van der Waals surface area contributed by atoms with Gasteiger partial charge in [0.2, 0.25) is 0 Å². The molecule has 0 spiro atoms. The molecule has 4 nitrogen and oxygen atoms in total. The molecule has 2 aromatic rings. The molecule has 1 heterocycles. The van der Waals surface area contributed by atoms with Crippen LogP contribution in [0.5, 0.6) is 5.75 Å². The average Bonchev–Trinajstić information content (AvgIpc) is 2.82. The quantitative estimate of drug-likeness (QED) is 0.797. The summed E-state index contributed by atoms with van der Waals surface area (Å²) in [4.78, 5) is 16.5. The third-order valence-electron chi connectivity index (χ3n) is 2.56. The van der Waals surface area contributed by atoms with Gasteiger partial charge in [-0.05, 0) is 24.3 Å². The lowest BCUT2D eigenvalue weighted by Gasteiger charge is -2.04. The Balaban J connectivity index is 2.24. The van der Waals surface area contributed by atoms with E-state index in [0.717, 1.165) is 10.0 Å². The smallest absolute Gasteiger partial charge is 0.272 e. The topological polar surface area (TPSA) is 43.6 Å². The highest BCUT2D eigenvalue weighted by Gasteiger charge is 2.01. The molecule has 104 valence electrons. The Morgan fingerprint density at radius 1 is 1.50 bits per heavy atom. The number of carbonyl (C=O) groups excluding carboxylic acids is 1. The van der Waals surface area contributed by atoms with Crippen molar-refractivity contribution in [3.8, 4) is 5.75 Å². The Bertz CT molecular complexity index is 716. The number of amides is 1. The molecule has 0 bridgehead atoms. The van der Waals surface area contributed by atoms with E-state index in [9.17, 15) is 4.79 Å². The first-order valence-corrected chi connectivity index (χ1v) is 7.48. The van der Waals surface area contributed by atoms with E-state index >= 15 is 0 Å². The standard InChI is InChI=1S/C14H13BrN2O2S/c1-17-7-8-20-14(17)16-13(18)6-3-10-9-11(15)4-5-12(10)19-2/h3-9H,1-2H3/b6-3+,16-14?. The first-order valence-electron chi connectivity index (χ1n) is 5.80. The van der Waals surface area contributed by atoms with E-state index in [1.165, 1.54) is 17.4 Å². The van der Waals surface area contributed by atoms with E-state index in [4.69, 9.17) is 4.74 Å². The van der Waals surface area contributed by atoms with Crippen molar-refractivity contribution < 1.29 is 9.53 Å². The van der Waals surface area contributed by atoms with E-state index < -0.39 is 0 Å². The molecule has 1 aromatic carbocycles. The summed E-state index contributed by atoms with van der Waals surface area (Å²) >= 11 is 4.81. The number of halogens is 1. The molecular formula is C14H13BrN2O2S. The van der Waals surface area contributed by atoms with Gasteiger partial charge in [-0.1, -0.05) is 15.9 Å². The molecule has 0 atom stereocenters. The van der Waals surface area contributed by atoms with Crippen LogP contribution in [0.25, 0.3) is 6.08 Å². The van der Waals surface area contributed by atoms with Crippen molar-refractivity contribution in [1.29, 1.82) is 0 Å². The fraction of sp³-hybridized carbons (Fsp3) is 0.143. The minimum atomic E-state index is -0.301. The van der Waals surface area contributed by atoms with E-state index in [-0.39, 0.29) is 5.91 Å². The van der Waals surface area contributed by atoms with E-state index in [1.54, 1.807) is 17.8 Å². The van der Waals surface area contributed by atoms with Crippen LogP contribution in [0, 0.1) is 0 Å². The molecule has 1 aromatic heterocycles. The van der Waals surface area contributed by atoms with E-state index in [1.807, 2.05) is 36.8 Å². The Morgan fingerprint density at radius 3 is 2.95 bits per heavy atom. The van der Waals surface area contributed by atoms with Gasteiger partial charge in [-0.3, -0.25) is 4.79 Å². The van der Waals surface area contributed by atoms with Crippen LogP contribution in [0.15, 0.2) is 45.3 Å². The summed E-state index contributed by atoms with van der Waals surface area (Å²) in [5, 5.41) is 1.88. The van der Waals surface area contributed by atoms with Gasteiger partial charge in [0.05, 0.1) is 7.11 Å². The van der Waals surface area contributed by atoms with Crippen molar-refractivity contribution in [2.45, 2.75) is 0 Å². The summed E-state index contributed by atoms with van der Waals surface area (Å²) in [5.41, 5.74) is 0.820. The van der Waals surface area contributed by atoms with Gasteiger partial charge in [0, 0.05) is 34.7 Å². The van der Waals surface area contributed by atoms with E-state index in [2.05, 4.69) is 20.9 Å². The number of rotatable bonds is 3. The van der Waals surface area contributed by atoms with Crippen LogP contribution in [0.1, 0.15) is 5.56 Å². The number of hydrogen-bond donors (Lipinski definition) is 0. The molecule has 0 aliphatic heterocycles. The molecular weight excluding hydrogens is 340 g/mol. The van der Waals surface area contributed by atoms with Crippen LogP contribution in [-0.4, -0.2) is 17.6 Å². The summed E-state index contributed by atoms with van der Waals surface area (Å²) < 4.78 is 7.97. The fourth-order valence-electron chi connectivity index (χ4n) is 1.56. The number of hydrogen-bond acceptors (Lipinski definition) is 3. The van der Waals surface area contributed by atoms with Crippen molar-refractivity contribution in [3.05, 3.63) is 50.7 Å². The number of thiazole rings is 1. The maximum absolute atomic E-state index is 11.8. The van der Waals surface area contributed by atoms with Crippen LogP contribution < -0.4 is 9.54 Å². The van der Waals surface area contributed by atoms with Gasteiger partial charge >= 0.3 is 0 Å². The van der Waals surface area contributed by atoms with Crippen molar-refractivity contribution in [1.82, 2.24) is 4.57 Å². The molecule has 0 radical (unpaired) electrons. The van der Waals surface area contributed by atoms with Gasteiger partial charge in [0.25, 0.3) is 5.91 Å². The first kappa shape index (κ1) is 14.7.